The summed E-state index contributed by atoms with van der Waals surface area (Å²) in [6, 6.07) is 4.41. The van der Waals surface area contributed by atoms with Gasteiger partial charge < -0.3 is 14.8 Å². The maximum Gasteiger partial charge on any atom is 0.410 e. The standard InChI is InChI=1S/C24H20F3N7O3S/c1-11-17-21-31-19(32-33(21)10-28-22(17)38-18(11)23(35)37-3)14-9-29-34-16(24(25,26)27)8-15(30-20(14)34)12-4-6-13(36-2)7-5-12/h4-7,9-10,15-16,30H,8H2,1-3H3/t15-,16+/m0/s1. The van der Waals surface area contributed by atoms with Crippen molar-refractivity contribution < 1.29 is 27.4 Å². The summed E-state index contributed by atoms with van der Waals surface area (Å²) in [7, 11) is 2.82. The molecule has 0 bridgehead atoms. The van der Waals surface area contributed by atoms with Crippen molar-refractivity contribution in [3.8, 4) is 17.1 Å². The van der Waals surface area contributed by atoms with E-state index in [4.69, 9.17) is 9.47 Å². The van der Waals surface area contributed by atoms with Crippen LogP contribution in [0.25, 0.3) is 27.3 Å². The van der Waals surface area contributed by atoms with Crippen LogP contribution in [-0.4, -0.2) is 55.7 Å². The molecule has 0 radical (unpaired) electrons. The van der Waals surface area contributed by atoms with Crippen LogP contribution in [0.3, 0.4) is 0 Å². The number of nitrogens with zero attached hydrogens (tertiary/aromatic N) is 6. The van der Waals surface area contributed by atoms with Crippen LogP contribution in [0.4, 0.5) is 19.0 Å². The molecule has 1 aromatic carbocycles. The van der Waals surface area contributed by atoms with E-state index in [1.165, 1.54) is 42.6 Å². The van der Waals surface area contributed by atoms with Gasteiger partial charge in [-0.25, -0.2) is 24.0 Å². The van der Waals surface area contributed by atoms with Gasteiger partial charge in [0, 0.05) is 6.42 Å². The number of alkyl halides is 3. The highest BCUT2D eigenvalue weighted by Crippen LogP contribution is 2.46. The molecule has 0 amide bonds. The summed E-state index contributed by atoms with van der Waals surface area (Å²) in [4.78, 5) is 22.2. The third-order valence-electron chi connectivity index (χ3n) is 6.64. The molecule has 0 aliphatic carbocycles. The molecule has 0 unspecified atom stereocenters. The molecular weight excluding hydrogens is 523 g/mol. The summed E-state index contributed by atoms with van der Waals surface area (Å²) in [6.07, 6.45) is -1.98. The predicted molar refractivity (Wildman–Crippen MR) is 133 cm³/mol. The van der Waals surface area contributed by atoms with Gasteiger partial charge in [-0.1, -0.05) is 12.1 Å². The zero-order valence-corrected chi connectivity index (χ0v) is 21.1. The molecule has 0 saturated carbocycles. The molecule has 1 aliphatic heterocycles. The first-order chi connectivity index (χ1) is 18.2. The van der Waals surface area contributed by atoms with Gasteiger partial charge in [-0.15, -0.1) is 16.4 Å². The van der Waals surface area contributed by atoms with Crippen molar-refractivity contribution in [2.75, 3.05) is 19.5 Å². The number of methoxy groups -OCH3 is 2. The highest BCUT2D eigenvalue weighted by Gasteiger charge is 2.47. The average molecular weight is 544 g/mol. The van der Waals surface area contributed by atoms with Crippen LogP contribution in [-0.2, 0) is 4.74 Å². The van der Waals surface area contributed by atoms with Crippen LogP contribution in [0.2, 0.25) is 0 Å². The summed E-state index contributed by atoms with van der Waals surface area (Å²) in [5.41, 5.74) is 2.05. The average Bonchev–Trinajstić information content (AvgIpc) is 3.61. The molecule has 0 saturated heterocycles. The number of rotatable bonds is 4. The molecule has 1 N–H and O–H groups in total. The third-order valence-corrected chi connectivity index (χ3v) is 7.82. The van der Waals surface area contributed by atoms with E-state index in [9.17, 15) is 18.0 Å². The van der Waals surface area contributed by atoms with E-state index < -0.39 is 24.2 Å². The van der Waals surface area contributed by atoms with Crippen LogP contribution in [0.1, 0.15) is 39.3 Å². The Morgan fingerprint density at radius 2 is 1.97 bits per heavy atom. The summed E-state index contributed by atoms with van der Waals surface area (Å²) in [6.45, 7) is 1.76. The van der Waals surface area contributed by atoms with Gasteiger partial charge in [0.25, 0.3) is 0 Å². The fourth-order valence-electron chi connectivity index (χ4n) is 4.72. The van der Waals surface area contributed by atoms with Crippen molar-refractivity contribution in [3.05, 3.63) is 52.8 Å². The normalized spacial score (nSPS) is 17.4. The number of ether oxygens (including phenoxy) is 2. The number of thiophene rings is 1. The highest BCUT2D eigenvalue weighted by molar-refractivity contribution is 7.20. The van der Waals surface area contributed by atoms with Gasteiger partial charge in [0.2, 0.25) is 0 Å². The van der Waals surface area contributed by atoms with E-state index in [1.54, 1.807) is 31.2 Å². The number of esters is 1. The topological polar surface area (TPSA) is 108 Å². The number of hydrogen-bond acceptors (Lipinski definition) is 9. The van der Waals surface area contributed by atoms with Crippen molar-refractivity contribution in [2.45, 2.75) is 31.6 Å². The molecule has 10 nitrogen and oxygen atoms in total. The second-order valence-electron chi connectivity index (χ2n) is 8.79. The van der Waals surface area contributed by atoms with Gasteiger partial charge in [0.05, 0.1) is 37.4 Å². The second kappa shape index (κ2) is 8.68. The number of aromatic nitrogens is 6. The van der Waals surface area contributed by atoms with Crippen molar-refractivity contribution in [1.29, 1.82) is 0 Å². The first-order valence-electron chi connectivity index (χ1n) is 11.5. The van der Waals surface area contributed by atoms with Gasteiger partial charge in [-0.2, -0.15) is 18.3 Å². The largest absolute Gasteiger partial charge is 0.497 e. The molecule has 0 fully saturated rings. The number of benzene rings is 1. The number of carbonyl (C=O) groups excluding carboxylic acids is 1. The zero-order chi connectivity index (χ0) is 26.8. The van der Waals surface area contributed by atoms with Gasteiger partial charge in [-0.3, -0.25) is 0 Å². The molecular formula is C24H20F3N7O3S. The minimum atomic E-state index is -4.52. The lowest BCUT2D eigenvalue weighted by Gasteiger charge is -2.34. The minimum Gasteiger partial charge on any atom is -0.497 e. The monoisotopic (exact) mass is 543 g/mol. The Hall–Kier alpha value is -4.20. The van der Waals surface area contributed by atoms with Crippen molar-refractivity contribution >= 4 is 39.0 Å². The first kappa shape index (κ1) is 24.2. The highest BCUT2D eigenvalue weighted by atomic mass is 32.1. The van der Waals surface area contributed by atoms with Gasteiger partial charge in [-0.05, 0) is 30.2 Å². The van der Waals surface area contributed by atoms with Crippen LogP contribution in [0.15, 0.2) is 36.8 Å². The maximum absolute atomic E-state index is 14.1. The van der Waals surface area contributed by atoms with Crippen LogP contribution < -0.4 is 10.1 Å². The van der Waals surface area contributed by atoms with Crippen molar-refractivity contribution in [1.82, 2.24) is 29.4 Å². The molecule has 5 heterocycles. The minimum absolute atomic E-state index is 0.164. The van der Waals surface area contributed by atoms with Crippen molar-refractivity contribution in [2.24, 2.45) is 0 Å². The van der Waals surface area contributed by atoms with E-state index in [0.29, 0.717) is 43.2 Å². The smallest absolute Gasteiger partial charge is 0.410 e. The molecule has 6 rings (SSSR count). The summed E-state index contributed by atoms with van der Waals surface area (Å²) in [5, 5.41) is 12.4. The Morgan fingerprint density at radius 1 is 1.21 bits per heavy atom. The van der Waals surface area contributed by atoms with E-state index >= 15 is 0 Å². The Morgan fingerprint density at radius 3 is 2.66 bits per heavy atom. The molecule has 5 aromatic rings. The number of aryl methyl sites for hydroxylation is 1. The Kier molecular flexibility index (Phi) is 5.52. The fourth-order valence-corrected chi connectivity index (χ4v) is 5.78. The fraction of sp³-hybridized carbons (Fsp3) is 0.292. The number of nitrogens with one attached hydrogen (secondary N) is 1. The number of fused-ring (bicyclic) bond motifs is 4. The van der Waals surface area contributed by atoms with Crippen LogP contribution in [0, 0.1) is 6.92 Å². The molecule has 38 heavy (non-hydrogen) atoms. The first-order valence-corrected chi connectivity index (χ1v) is 12.3. The molecule has 1 aliphatic rings. The van der Waals surface area contributed by atoms with E-state index in [-0.39, 0.29) is 18.1 Å². The Bertz CT molecular complexity index is 1690. The third kappa shape index (κ3) is 3.74. The summed E-state index contributed by atoms with van der Waals surface area (Å²) >= 11 is 1.18. The maximum atomic E-state index is 14.1. The lowest BCUT2D eigenvalue weighted by Crippen LogP contribution is -2.35. The summed E-state index contributed by atoms with van der Waals surface area (Å²) < 4.78 is 54.8. The SMILES string of the molecule is COC(=O)c1sc2ncn3nc(-c4cnn5c4N[C@H](c4ccc(OC)cc4)C[C@@H]5C(F)(F)F)nc3c2c1C. The number of halogens is 3. The summed E-state index contributed by atoms with van der Waals surface area (Å²) in [5.74, 6) is 0.461. The van der Waals surface area contributed by atoms with Crippen LogP contribution in [0.5, 0.6) is 5.75 Å². The molecule has 2 atom stereocenters. The van der Waals surface area contributed by atoms with Gasteiger partial charge >= 0.3 is 12.1 Å². The number of hydrogen-bond donors (Lipinski definition) is 1. The number of carbonyl (C=O) groups is 1. The second-order valence-corrected chi connectivity index (χ2v) is 9.79. The van der Waals surface area contributed by atoms with Crippen molar-refractivity contribution in [3.63, 3.8) is 0 Å². The van der Waals surface area contributed by atoms with Gasteiger partial charge in [0.15, 0.2) is 17.5 Å². The van der Waals surface area contributed by atoms with E-state index in [1.807, 2.05) is 0 Å². The van der Waals surface area contributed by atoms with Gasteiger partial charge in [0.1, 0.15) is 27.6 Å². The molecule has 196 valence electrons. The lowest BCUT2D eigenvalue weighted by atomic mass is 9.96. The zero-order valence-electron chi connectivity index (χ0n) is 20.3. The molecule has 4 aromatic heterocycles. The van der Waals surface area contributed by atoms with Crippen LogP contribution >= 0.6 is 11.3 Å². The predicted octanol–water partition coefficient (Wildman–Crippen LogP) is 4.97. The Labute approximate surface area is 217 Å². The quantitative estimate of drug-likeness (QED) is 0.317. The molecule has 0 spiro atoms. The molecule has 14 heteroatoms. The Balaban J connectivity index is 1.47. The lowest BCUT2D eigenvalue weighted by molar-refractivity contribution is -0.173. The number of anilines is 1. The van der Waals surface area contributed by atoms with E-state index in [2.05, 4.69) is 25.5 Å². The van der Waals surface area contributed by atoms with E-state index in [0.717, 1.165) is 4.68 Å².